The summed E-state index contributed by atoms with van der Waals surface area (Å²) in [6.07, 6.45) is 3.59. The van der Waals surface area contributed by atoms with E-state index in [9.17, 15) is 13.2 Å². The van der Waals surface area contributed by atoms with Gasteiger partial charge in [-0.25, -0.2) is 13.8 Å². The largest absolute Gasteiger partial charge is 0.271 e. The van der Waals surface area contributed by atoms with Crippen LogP contribution in [0.15, 0.2) is 34.3 Å². The predicted molar refractivity (Wildman–Crippen MR) is 89.9 cm³/mol. The summed E-state index contributed by atoms with van der Waals surface area (Å²) < 4.78 is 26.3. The predicted octanol–water partition coefficient (Wildman–Crippen LogP) is 2.38. The van der Waals surface area contributed by atoms with Gasteiger partial charge in [-0.15, -0.1) is 0 Å². The molecular weight excluding hydrogens is 314 g/mol. The zero-order valence-corrected chi connectivity index (χ0v) is 14.4. The second kappa shape index (κ2) is 7.70. The number of sulfonamides is 1. The van der Waals surface area contributed by atoms with E-state index >= 15 is 0 Å². The summed E-state index contributed by atoms with van der Waals surface area (Å²) >= 11 is 0. The molecule has 1 fully saturated rings. The van der Waals surface area contributed by atoms with E-state index in [-0.39, 0.29) is 10.8 Å². The van der Waals surface area contributed by atoms with E-state index in [1.807, 2.05) is 13.8 Å². The van der Waals surface area contributed by atoms with Crippen molar-refractivity contribution in [3.05, 3.63) is 29.8 Å². The molecule has 1 heterocycles. The SMILES string of the molecule is CCC/C(C)=N\NC(=O)c1ccc(S(=O)(=O)N2CCCC2)cc1. The minimum Gasteiger partial charge on any atom is -0.267 e. The molecule has 1 aromatic carbocycles. The number of carbonyl (C=O) groups is 1. The lowest BCUT2D eigenvalue weighted by Gasteiger charge is -2.15. The monoisotopic (exact) mass is 337 g/mol. The fourth-order valence-electron chi connectivity index (χ4n) is 2.48. The number of hydrogen-bond acceptors (Lipinski definition) is 4. The van der Waals surface area contributed by atoms with Crippen molar-refractivity contribution >= 4 is 21.6 Å². The lowest BCUT2D eigenvalue weighted by molar-refractivity contribution is 0.0954. The van der Waals surface area contributed by atoms with Crippen molar-refractivity contribution in [2.45, 2.75) is 44.4 Å². The molecule has 0 spiro atoms. The summed E-state index contributed by atoms with van der Waals surface area (Å²) in [5.41, 5.74) is 3.73. The molecule has 1 saturated heterocycles. The Hall–Kier alpha value is -1.73. The molecule has 1 aromatic rings. The quantitative estimate of drug-likeness (QED) is 0.639. The Morgan fingerprint density at radius 2 is 1.83 bits per heavy atom. The molecule has 126 valence electrons. The van der Waals surface area contributed by atoms with E-state index in [2.05, 4.69) is 10.5 Å². The maximum atomic E-state index is 12.4. The summed E-state index contributed by atoms with van der Waals surface area (Å²) in [6.45, 7) is 5.03. The fourth-order valence-corrected chi connectivity index (χ4v) is 4.00. The van der Waals surface area contributed by atoms with E-state index < -0.39 is 10.0 Å². The second-order valence-electron chi connectivity index (χ2n) is 5.67. The summed E-state index contributed by atoms with van der Waals surface area (Å²) in [7, 11) is -3.44. The molecular formula is C16H23N3O3S. The van der Waals surface area contributed by atoms with Gasteiger partial charge in [0.2, 0.25) is 10.0 Å². The molecule has 1 N–H and O–H groups in total. The molecule has 0 radical (unpaired) electrons. The lowest BCUT2D eigenvalue weighted by atomic mass is 10.2. The first-order chi connectivity index (χ1) is 10.9. The third-order valence-electron chi connectivity index (χ3n) is 3.78. The lowest BCUT2D eigenvalue weighted by Crippen LogP contribution is -2.28. The van der Waals surface area contributed by atoms with Crippen LogP contribution in [-0.4, -0.2) is 37.4 Å². The molecule has 0 atom stereocenters. The van der Waals surface area contributed by atoms with Crippen LogP contribution in [-0.2, 0) is 10.0 Å². The van der Waals surface area contributed by atoms with Crippen LogP contribution in [0.4, 0.5) is 0 Å². The molecule has 6 nitrogen and oxygen atoms in total. The van der Waals surface area contributed by atoms with Crippen molar-refractivity contribution < 1.29 is 13.2 Å². The minimum absolute atomic E-state index is 0.224. The van der Waals surface area contributed by atoms with Crippen LogP contribution in [0.2, 0.25) is 0 Å². The van der Waals surface area contributed by atoms with Gasteiger partial charge in [0.25, 0.3) is 5.91 Å². The molecule has 0 unspecified atom stereocenters. The topological polar surface area (TPSA) is 78.8 Å². The maximum absolute atomic E-state index is 12.4. The first-order valence-electron chi connectivity index (χ1n) is 7.89. The van der Waals surface area contributed by atoms with Crippen LogP contribution < -0.4 is 5.43 Å². The van der Waals surface area contributed by atoms with Crippen LogP contribution in [0, 0.1) is 0 Å². The third kappa shape index (κ3) is 4.39. The summed E-state index contributed by atoms with van der Waals surface area (Å²) in [6, 6.07) is 5.99. The van der Waals surface area contributed by atoms with E-state index in [4.69, 9.17) is 0 Å². The molecule has 0 bridgehead atoms. The Bertz CT molecular complexity index is 675. The molecule has 1 amide bonds. The Morgan fingerprint density at radius 3 is 2.39 bits per heavy atom. The summed E-state index contributed by atoms with van der Waals surface area (Å²) in [5, 5.41) is 4.02. The molecule has 23 heavy (non-hydrogen) atoms. The molecule has 1 aliphatic heterocycles. The molecule has 0 saturated carbocycles. The number of rotatable bonds is 6. The van der Waals surface area contributed by atoms with Gasteiger partial charge in [0.1, 0.15) is 0 Å². The van der Waals surface area contributed by atoms with Gasteiger partial charge in [0, 0.05) is 24.4 Å². The molecule has 7 heteroatoms. The van der Waals surface area contributed by atoms with Gasteiger partial charge >= 0.3 is 0 Å². The van der Waals surface area contributed by atoms with Gasteiger partial charge in [-0.1, -0.05) is 13.3 Å². The van der Waals surface area contributed by atoms with Crippen molar-refractivity contribution in [1.29, 1.82) is 0 Å². The van der Waals surface area contributed by atoms with Crippen molar-refractivity contribution in [2.24, 2.45) is 5.10 Å². The highest BCUT2D eigenvalue weighted by atomic mass is 32.2. The van der Waals surface area contributed by atoms with Crippen molar-refractivity contribution in [3.63, 3.8) is 0 Å². The highest BCUT2D eigenvalue weighted by Gasteiger charge is 2.27. The molecule has 0 aliphatic carbocycles. The van der Waals surface area contributed by atoms with Crippen molar-refractivity contribution in [1.82, 2.24) is 9.73 Å². The highest BCUT2D eigenvalue weighted by molar-refractivity contribution is 7.89. The van der Waals surface area contributed by atoms with Crippen LogP contribution >= 0.6 is 0 Å². The number of hydrazone groups is 1. The van der Waals surface area contributed by atoms with Crippen LogP contribution in [0.25, 0.3) is 0 Å². The Labute approximate surface area is 137 Å². The average Bonchev–Trinajstić information content (AvgIpc) is 3.08. The van der Waals surface area contributed by atoms with Gasteiger partial charge in [0.05, 0.1) is 4.90 Å². The zero-order chi connectivity index (χ0) is 16.9. The number of nitrogens with one attached hydrogen (secondary N) is 1. The third-order valence-corrected chi connectivity index (χ3v) is 5.69. The van der Waals surface area contributed by atoms with Gasteiger partial charge in [-0.05, 0) is 50.5 Å². The van der Waals surface area contributed by atoms with Gasteiger partial charge in [-0.3, -0.25) is 4.79 Å². The van der Waals surface area contributed by atoms with E-state index in [1.165, 1.54) is 28.6 Å². The smallest absolute Gasteiger partial charge is 0.267 e. The number of nitrogens with zero attached hydrogens (tertiary/aromatic N) is 2. The minimum atomic E-state index is -3.44. The van der Waals surface area contributed by atoms with Gasteiger partial charge < -0.3 is 0 Å². The van der Waals surface area contributed by atoms with Crippen molar-refractivity contribution in [2.75, 3.05) is 13.1 Å². The van der Waals surface area contributed by atoms with Crippen LogP contribution in [0.1, 0.15) is 49.9 Å². The number of hydrogen-bond donors (Lipinski definition) is 1. The van der Waals surface area contributed by atoms with E-state index in [1.54, 1.807) is 0 Å². The highest BCUT2D eigenvalue weighted by Crippen LogP contribution is 2.21. The first kappa shape index (κ1) is 17.6. The van der Waals surface area contributed by atoms with Gasteiger partial charge in [-0.2, -0.15) is 9.41 Å². The van der Waals surface area contributed by atoms with Crippen LogP contribution in [0.5, 0.6) is 0 Å². The Kier molecular flexibility index (Phi) is 5.90. The number of amides is 1. The number of benzene rings is 1. The first-order valence-corrected chi connectivity index (χ1v) is 9.33. The molecule has 1 aliphatic rings. The normalized spacial score (nSPS) is 16.5. The number of carbonyl (C=O) groups excluding carboxylic acids is 1. The maximum Gasteiger partial charge on any atom is 0.271 e. The van der Waals surface area contributed by atoms with E-state index in [0.717, 1.165) is 31.4 Å². The summed E-state index contributed by atoms with van der Waals surface area (Å²) in [5.74, 6) is -0.342. The second-order valence-corrected chi connectivity index (χ2v) is 7.61. The van der Waals surface area contributed by atoms with Crippen molar-refractivity contribution in [3.8, 4) is 0 Å². The average molecular weight is 337 g/mol. The Balaban J connectivity index is 2.07. The molecule has 0 aromatic heterocycles. The van der Waals surface area contributed by atoms with Crippen LogP contribution in [0.3, 0.4) is 0 Å². The van der Waals surface area contributed by atoms with Gasteiger partial charge in [0.15, 0.2) is 0 Å². The zero-order valence-electron chi connectivity index (χ0n) is 13.6. The molecule has 2 rings (SSSR count). The Morgan fingerprint density at radius 1 is 1.22 bits per heavy atom. The van der Waals surface area contributed by atoms with E-state index in [0.29, 0.717) is 18.7 Å². The summed E-state index contributed by atoms with van der Waals surface area (Å²) in [4.78, 5) is 12.2. The standard InChI is InChI=1S/C16H23N3O3S/c1-3-6-13(2)17-18-16(20)14-7-9-15(10-8-14)23(21,22)19-11-4-5-12-19/h7-10H,3-6,11-12H2,1-2H3,(H,18,20)/b17-13-. The fraction of sp³-hybridized carbons (Fsp3) is 0.500.